The number of rotatable bonds is 4. The minimum atomic E-state index is 0.304. The van der Waals surface area contributed by atoms with Gasteiger partial charge in [0.1, 0.15) is 5.76 Å². The summed E-state index contributed by atoms with van der Waals surface area (Å²) in [6.07, 6.45) is 5.57. The maximum atomic E-state index is 5.56. The van der Waals surface area contributed by atoms with Crippen LogP contribution in [0.3, 0.4) is 0 Å². The molecule has 2 nitrogen and oxygen atoms in total. The summed E-state index contributed by atoms with van der Waals surface area (Å²) in [6, 6.07) is 4.29. The van der Waals surface area contributed by atoms with Crippen molar-refractivity contribution in [3.63, 3.8) is 0 Å². The summed E-state index contributed by atoms with van der Waals surface area (Å²) in [6.45, 7) is 5.65. The Morgan fingerprint density at radius 3 is 2.94 bits per heavy atom. The van der Waals surface area contributed by atoms with Gasteiger partial charge in [-0.1, -0.05) is 19.8 Å². The molecule has 0 aromatic carbocycles. The highest BCUT2D eigenvalue weighted by molar-refractivity contribution is 9.10. The van der Waals surface area contributed by atoms with Gasteiger partial charge in [-0.3, -0.25) is 0 Å². The smallest absolute Gasteiger partial charge is 0.169 e. The normalized spacial score (nSPS) is 27.0. The topological polar surface area (TPSA) is 25.2 Å². The zero-order chi connectivity index (χ0) is 12.3. The molecule has 0 radical (unpaired) electrons. The van der Waals surface area contributed by atoms with Crippen LogP contribution in [0.25, 0.3) is 0 Å². The minimum Gasteiger partial charge on any atom is -0.453 e. The van der Waals surface area contributed by atoms with Crippen molar-refractivity contribution in [1.82, 2.24) is 5.32 Å². The van der Waals surface area contributed by atoms with Crippen molar-refractivity contribution in [2.45, 2.75) is 45.6 Å². The predicted octanol–water partition coefficient (Wildman–Crippen LogP) is 4.52. The van der Waals surface area contributed by atoms with Crippen molar-refractivity contribution < 1.29 is 4.42 Å². The van der Waals surface area contributed by atoms with Gasteiger partial charge >= 0.3 is 0 Å². The molecule has 1 N–H and O–H groups in total. The second-order valence-electron chi connectivity index (χ2n) is 5.41. The van der Waals surface area contributed by atoms with Crippen LogP contribution in [0.4, 0.5) is 0 Å². The summed E-state index contributed by atoms with van der Waals surface area (Å²) in [5.41, 5.74) is 0. The van der Waals surface area contributed by atoms with Crippen LogP contribution in [0.2, 0.25) is 0 Å². The Labute approximate surface area is 112 Å². The number of furan rings is 1. The van der Waals surface area contributed by atoms with Gasteiger partial charge in [0.2, 0.25) is 0 Å². The van der Waals surface area contributed by atoms with Gasteiger partial charge in [-0.15, -0.1) is 0 Å². The van der Waals surface area contributed by atoms with Crippen LogP contribution in [-0.4, -0.2) is 6.54 Å². The van der Waals surface area contributed by atoms with Gasteiger partial charge in [0.25, 0.3) is 0 Å². The van der Waals surface area contributed by atoms with E-state index in [1.165, 1.54) is 25.7 Å². The summed E-state index contributed by atoms with van der Waals surface area (Å²) < 4.78 is 6.37. The summed E-state index contributed by atoms with van der Waals surface area (Å²) in [4.78, 5) is 0. The molecule has 1 aliphatic rings. The third-order valence-corrected chi connectivity index (χ3v) is 4.20. The number of hydrogen-bond acceptors (Lipinski definition) is 2. The summed E-state index contributed by atoms with van der Waals surface area (Å²) >= 11 is 3.34. The van der Waals surface area contributed by atoms with Gasteiger partial charge in [0.05, 0.1) is 6.04 Å². The fourth-order valence-electron chi connectivity index (χ4n) is 2.75. The largest absolute Gasteiger partial charge is 0.453 e. The standard InChI is InChI=1S/C14H22BrNO/c1-10-4-3-5-12(8-10)9-16-11(2)13-6-7-14(15)17-13/h6-7,10-12,16H,3-5,8-9H2,1-2H3. The maximum Gasteiger partial charge on any atom is 0.169 e. The Hall–Kier alpha value is -0.280. The van der Waals surface area contributed by atoms with Crippen molar-refractivity contribution in [2.75, 3.05) is 6.54 Å². The average Bonchev–Trinajstić information content (AvgIpc) is 2.73. The van der Waals surface area contributed by atoms with E-state index in [-0.39, 0.29) is 0 Å². The highest BCUT2D eigenvalue weighted by Gasteiger charge is 2.19. The third-order valence-electron chi connectivity index (χ3n) is 3.78. The van der Waals surface area contributed by atoms with Gasteiger partial charge in [-0.05, 0) is 66.2 Å². The van der Waals surface area contributed by atoms with Crippen molar-refractivity contribution in [2.24, 2.45) is 11.8 Å². The molecule has 2 rings (SSSR count). The lowest BCUT2D eigenvalue weighted by Gasteiger charge is -2.27. The molecule has 0 spiro atoms. The lowest BCUT2D eigenvalue weighted by atomic mass is 9.82. The molecular formula is C14H22BrNO. The SMILES string of the molecule is CC1CCCC(CNC(C)c2ccc(Br)o2)C1. The first-order chi connectivity index (χ1) is 8.15. The lowest BCUT2D eigenvalue weighted by molar-refractivity contribution is 0.264. The van der Waals surface area contributed by atoms with E-state index in [9.17, 15) is 0 Å². The second-order valence-corrected chi connectivity index (χ2v) is 6.19. The monoisotopic (exact) mass is 299 g/mol. The summed E-state index contributed by atoms with van der Waals surface area (Å²) in [7, 11) is 0. The molecule has 1 saturated carbocycles. The third kappa shape index (κ3) is 3.85. The molecular weight excluding hydrogens is 278 g/mol. The van der Waals surface area contributed by atoms with Gasteiger partial charge in [0.15, 0.2) is 4.67 Å². The Morgan fingerprint density at radius 2 is 2.29 bits per heavy atom. The van der Waals surface area contributed by atoms with Gasteiger partial charge in [-0.25, -0.2) is 0 Å². The first-order valence-corrected chi connectivity index (χ1v) is 7.43. The van der Waals surface area contributed by atoms with Crippen LogP contribution in [-0.2, 0) is 0 Å². The van der Waals surface area contributed by atoms with Gasteiger partial charge < -0.3 is 9.73 Å². The molecule has 1 aromatic rings. The van der Waals surface area contributed by atoms with E-state index in [1.807, 2.05) is 12.1 Å². The van der Waals surface area contributed by atoms with Crippen molar-refractivity contribution in [1.29, 1.82) is 0 Å². The van der Waals surface area contributed by atoms with Crippen LogP contribution in [0.5, 0.6) is 0 Å². The molecule has 17 heavy (non-hydrogen) atoms. The molecule has 1 aromatic heterocycles. The van der Waals surface area contributed by atoms with Gasteiger partial charge in [-0.2, -0.15) is 0 Å². The van der Waals surface area contributed by atoms with Crippen LogP contribution < -0.4 is 5.32 Å². The highest BCUT2D eigenvalue weighted by Crippen LogP contribution is 2.28. The van der Waals surface area contributed by atoms with Crippen LogP contribution in [0.1, 0.15) is 51.3 Å². The molecule has 96 valence electrons. The van der Waals surface area contributed by atoms with Crippen molar-refractivity contribution in [3.05, 3.63) is 22.6 Å². The van der Waals surface area contributed by atoms with Crippen molar-refractivity contribution >= 4 is 15.9 Å². The van der Waals surface area contributed by atoms with E-state index in [0.29, 0.717) is 6.04 Å². The summed E-state index contributed by atoms with van der Waals surface area (Å²) in [5.74, 6) is 2.77. The van der Waals surface area contributed by atoms with Gasteiger partial charge in [0, 0.05) is 0 Å². The second kappa shape index (κ2) is 6.05. The number of nitrogens with one attached hydrogen (secondary N) is 1. The molecule has 3 heteroatoms. The number of halogens is 1. The van der Waals surface area contributed by atoms with E-state index in [1.54, 1.807) is 0 Å². The minimum absolute atomic E-state index is 0.304. The first-order valence-electron chi connectivity index (χ1n) is 6.63. The molecule has 1 aliphatic carbocycles. The van der Waals surface area contributed by atoms with E-state index < -0.39 is 0 Å². The average molecular weight is 300 g/mol. The quantitative estimate of drug-likeness (QED) is 0.884. The van der Waals surface area contributed by atoms with Crippen LogP contribution >= 0.6 is 15.9 Å². The first kappa shape index (κ1) is 13.2. The molecule has 0 saturated heterocycles. The number of hydrogen-bond donors (Lipinski definition) is 1. The molecule has 0 bridgehead atoms. The summed E-state index contributed by atoms with van der Waals surface area (Å²) in [5, 5.41) is 3.59. The fourth-order valence-corrected chi connectivity index (χ4v) is 3.07. The van der Waals surface area contributed by atoms with E-state index in [0.717, 1.165) is 28.8 Å². The molecule has 1 heterocycles. The van der Waals surface area contributed by atoms with Crippen molar-refractivity contribution in [3.8, 4) is 0 Å². The molecule has 1 fully saturated rings. The van der Waals surface area contributed by atoms with E-state index in [4.69, 9.17) is 4.42 Å². The maximum absolute atomic E-state index is 5.56. The Morgan fingerprint density at radius 1 is 1.47 bits per heavy atom. The zero-order valence-corrected chi connectivity index (χ0v) is 12.3. The molecule has 0 amide bonds. The van der Waals surface area contributed by atoms with Crippen LogP contribution in [0.15, 0.2) is 21.2 Å². The van der Waals surface area contributed by atoms with E-state index >= 15 is 0 Å². The van der Waals surface area contributed by atoms with Crippen LogP contribution in [0, 0.1) is 11.8 Å². The lowest BCUT2D eigenvalue weighted by Crippen LogP contribution is -2.28. The van der Waals surface area contributed by atoms with E-state index in [2.05, 4.69) is 35.1 Å². The zero-order valence-electron chi connectivity index (χ0n) is 10.7. The Bertz CT molecular complexity index is 350. The molecule has 3 atom stereocenters. The Kier molecular flexibility index (Phi) is 4.69. The Balaban J connectivity index is 1.77. The molecule has 3 unspecified atom stereocenters. The molecule has 0 aliphatic heterocycles. The predicted molar refractivity (Wildman–Crippen MR) is 73.9 cm³/mol. The fraction of sp³-hybridized carbons (Fsp3) is 0.714. The highest BCUT2D eigenvalue weighted by atomic mass is 79.9.